The molecule has 0 fully saturated rings. The first kappa shape index (κ1) is 11.0. The highest BCUT2D eigenvalue weighted by molar-refractivity contribution is 7.99. The van der Waals surface area contributed by atoms with Crippen molar-refractivity contribution in [3.63, 3.8) is 0 Å². The first-order chi connectivity index (χ1) is 7.74. The highest BCUT2D eigenvalue weighted by Crippen LogP contribution is 2.23. The number of carboxylic acids is 1. The number of fused-ring (bicyclic) bond motifs is 1. The van der Waals surface area contributed by atoms with Crippen LogP contribution in [0.15, 0.2) is 29.4 Å². The summed E-state index contributed by atoms with van der Waals surface area (Å²) in [6, 6.07) is 5.30. The van der Waals surface area contributed by atoms with Gasteiger partial charge in [0.15, 0.2) is 5.69 Å². The fraction of sp³-hybridized carbons (Fsp3) is 0.200. The third-order valence-electron chi connectivity index (χ3n) is 2.03. The Labute approximate surface area is 95.7 Å². The van der Waals surface area contributed by atoms with E-state index in [2.05, 4.69) is 4.98 Å². The molecule has 2 aromatic rings. The number of aliphatic hydroxyl groups is 1. The van der Waals surface area contributed by atoms with Gasteiger partial charge in [-0.15, -0.1) is 11.8 Å². The summed E-state index contributed by atoms with van der Waals surface area (Å²) >= 11 is 1.24. The Morgan fingerprint density at radius 2 is 2.31 bits per heavy atom. The van der Waals surface area contributed by atoms with E-state index in [0.29, 0.717) is 16.4 Å². The molecule has 0 amide bonds. The van der Waals surface area contributed by atoms with E-state index in [9.17, 15) is 4.79 Å². The number of aromatic nitrogens is 2. The number of hydrogen-bond acceptors (Lipinski definition) is 4. The molecule has 0 aromatic carbocycles. The molecular formula is C10H10N2O3S. The zero-order chi connectivity index (χ0) is 11.5. The van der Waals surface area contributed by atoms with Crippen LogP contribution in [0.2, 0.25) is 0 Å². The van der Waals surface area contributed by atoms with Gasteiger partial charge in [-0.1, -0.05) is 6.07 Å². The molecule has 0 unspecified atom stereocenters. The van der Waals surface area contributed by atoms with Crippen LogP contribution in [0.5, 0.6) is 0 Å². The largest absolute Gasteiger partial charge is 0.476 e. The number of nitrogens with zero attached hydrogens (tertiary/aromatic N) is 2. The molecule has 0 aliphatic heterocycles. The molecule has 2 rings (SSSR count). The van der Waals surface area contributed by atoms with Gasteiger partial charge >= 0.3 is 5.97 Å². The van der Waals surface area contributed by atoms with Crippen molar-refractivity contribution in [1.29, 1.82) is 0 Å². The molecule has 2 N–H and O–H groups in total. The summed E-state index contributed by atoms with van der Waals surface area (Å²) in [4.78, 5) is 15.3. The molecular weight excluding hydrogens is 228 g/mol. The summed E-state index contributed by atoms with van der Waals surface area (Å²) in [5.41, 5.74) is 0.745. The number of thioether (sulfide) groups is 1. The molecule has 16 heavy (non-hydrogen) atoms. The minimum Gasteiger partial charge on any atom is -0.476 e. The van der Waals surface area contributed by atoms with Gasteiger partial charge in [0.1, 0.15) is 10.7 Å². The Balaban J connectivity index is 2.54. The van der Waals surface area contributed by atoms with Crippen molar-refractivity contribution in [3.05, 3.63) is 30.1 Å². The number of hydrogen-bond donors (Lipinski definition) is 2. The maximum absolute atomic E-state index is 11.1. The van der Waals surface area contributed by atoms with Crippen molar-refractivity contribution in [2.45, 2.75) is 5.03 Å². The lowest BCUT2D eigenvalue weighted by molar-refractivity contribution is 0.0685. The summed E-state index contributed by atoms with van der Waals surface area (Å²) < 4.78 is 1.53. The summed E-state index contributed by atoms with van der Waals surface area (Å²) in [5.74, 6) is -0.580. The SMILES string of the molecule is O=C(O)c1c(SCCO)nc2ccccn12. The number of carbonyl (C=O) groups is 1. The zero-order valence-corrected chi connectivity index (χ0v) is 9.15. The van der Waals surface area contributed by atoms with Crippen LogP contribution in [0.3, 0.4) is 0 Å². The van der Waals surface area contributed by atoms with Crippen molar-refractivity contribution in [2.75, 3.05) is 12.4 Å². The lowest BCUT2D eigenvalue weighted by Gasteiger charge is -1.98. The zero-order valence-electron chi connectivity index (χ0n) is 8.33. The quantitative estimate of drug-likeness (QED) is 0.781. The van der Waals surface area contributed by atoms with Crippen molar-refractivity contribution in [1.82, 2.24) is 9.38 Å². The van der Waals surface area contributed by atoms with Crippen LogP contribution in [0.1, 0.15) is 10.5 Å². The van der Waals surface area contributed by atoms with Gasteiger partial charge in [0, 0.05) is 11.9 Å². The Hall–Kier alpha value is -1.53. The molecule has 2 aromatic heterocycles. The third-order valence-corrected chi connectivity index (χ3v) is 2.98. The number of pyridine rings is 1. The van der Waals surface area contributed by atoms with E-state index >= 15 is 0 Å². The number of aliphatic hydroxyl groups excluding tert-OH is 1. The molecule has 0 aliphatic rings. The second kappa shape index (κ2) is 4.54. The molecule has 0 atom stereocenters. The van der Waals surface area contributed by atoms with E-state index in [-0.39, 0.29) is 12.3 Å². The van der Waals surface area contributed by atoms with E-state index in [1.165, 1.54) is 16.2 Å². The summed E-state index contributed by atoms with van der Waals surface area (Å²) in [6.45, 7) is -0.00238. The Morgan fingerprint density at radius 3 is 3.00 bits per heavy atom. The van der Waals surface area contributed by atoms with Gasteiger partial charge in [-0.05, 0) is 12.1 Å². The Kier molecular flexibility index (Phi) is 3.12. The van der Waals surface area contributed by atoms with Crippen LogP contribution in [-0.2, 0) is 0 Å². The number of carboxylic acid groups (broad SMARTS) is 1. The van der Waals surface area contributed by atoms with Gasteiger partial charge in [-0.3, -0.25) is 4.40 Å². The van der Waals surface area contributed by atoms with Gasteiger partial charge in [0.25, 0.3) is 0 Å². The van der Waals surface area contributed by atoms with Crippen LogP contribution >= 0.6 is 11.8 Å². The second-order valence-electron chi connectivity index (χ2n) is 3.07. The molecule has 2 heterocycles. The molecule has 0 saturated carbocycles. The Bertz CT molecular complexity index is 524. The number of rotatable bonds is 4. The van der Waals surface area contributed by atoms with E-state index in [1.807, 2.05) is 0 Å². The molecule has 0 aliphatic carbocycles. The monoisotopic (exact) mass is 238 g/mol. The van der Waals surface area contributed by atoms with Crippen molar-refractivity contribution in [3.8, 4) is 0 Å². The van der Waals surface area contributed by atoms with Gasteiger partial charge in [-0.2, -0.15) is 0 Å². The third kappa shape index (κ3) is 1.89. The maximum Gasteiger partial charge on any atom is 0.355 e. The smallest absolute Gasteiger partial charge is 0.355 e. The first-order valence-corrected chi connectivity index (χ1v) is 5.66. The highest BCUT2D eigenvalue weighted by atomic mass is 32.2. The molecule has 84 valence electrons. The fourth-order valence-corrected chi connectivity index (χ4v) is 2.18. The van der Waals surface area contributed by atoms with Crippen molar-refractivity contribution >= 4 is 23.4 Å². The first-order valence-electron chi connectivity index (χ1n) is 4.68. The summed E-state index contributed by atoms with van der Waals surface area (Å²) in [5, 5.41) is 18.3. The molecule has 6 heteroatoms. The predicted octanol–water partition coefficient (Wildman–Crippen LogP) is 1.12. The van der Waals surface area contributed by atoms with E-state index < -0.39 is 5.97 Å². The highest BCUT2D eigenvalue weighted by Gasteiger charge is 2.18. The summed E-state index contributed by atoms with van der Waals surface area (Å²) in [7, 11) is 0. The average Bonchev–Trinajstić information content (AvgIpc) is 2.64. The molecule has 0 radical (unpaired) electrons. The number of aromatic carboxylic acids is 1. The van der Waals surface area contributed by atoms with Crippen molar-refractivity contribution < 1.29 is 15.0 Å². The van der Waals surface area contributed by atoms with Crippen LogP contribution in [0, 0.1) is 0 Å². The second-order valence-corrected chi connectivity index (χ2v) is 4.16. The predicted molar refractivity (Wildman–Crippen MR) is 60.0 cm³/mol. The standard InChI is InChI=1S/C10H10N2O3S/c13-5-6-16-9-8(10(14)15)12-4-2-1-3-7(12)11-9/h1-4,13H,5-6H2,(H,14,15). The topological polar surface area (TPSA) is 74.8 Å². The van der Waals surface area contributed by atoms with Gasteiger partial charge < -0.3 is 10.2 Å². The van der Waals surface area contributed by atoms with Crippen LogP contribution in [0.4, 0.5) is 0 Å². The van der Waals surface area contributed by atoms with Crippen LogP contribution in [0.25, 0.3) is 5.65 Å². The fourth-order valence-electron chi connectivity index (χ4n) is 1.41. The van der Waals surface area contributed by atoms with Gasteiger partial charge in [-0.25, -0.2) is 9.78 Å². The lowest BCUT2D eigenvalue weighted by atomic mass is 10.4. The molecule has 5 nitrogen and oxygen atoms in total. The summed E-state index contributed by atoms with van der Waals surface area (Å²) in [6.07, 6.45) is 1.66. The van der Waals surface area contributed by atoms with E-state index in [0.717, 1.165) is 0 Å². The van der Waals surface area contributed by atoms with Gasteiger partial charge in [0.05, 0.1) is 6.61 Å². The minimum absolute atomic E-state index is 0.00238. The average molecular weight is 238 g/mol. The molecule has 0 spiro atoms. The maximum atomic E-state index is 11.1. The van der Waals surface area contributed by atoms with Crippen LogP contribution < -0.4 is 0 Å². The molecule has 0 bridgehead atoms. The van der Waals surface area contributed by atoms with E-state index in [4.69, 9.17) is 10.2 Å². The lowest BCUT2D eigenvalue weighted by Crippen LogP contribution is -2.03. The van der Waals surface area contributed by atoms with E-state index in [1.54, 1.807) is 24.4 Å². The molecule has 0 saturated heterocycles. The van der Waals surface area contributed by atoms with Crippen molar-refractivity contribution in [2.24, 2.45) is 0 Å². The normalized spacial score (nSPS) is 10.8. The van der Waals surface area contributed by atoms with Crippen LogP contribution in [-0.4, -0.2) is 37.9 Å². The number of imidazole rings is 1. The van der Waals surface area contributed by atoms with Gasteiger partial charge in [0.2, 0.25) is 0 Å². The minimum atomic E-state index is -1.01. The Morgan fingerprint density at radius 1 is 1.50 bits per heavy atom.